The van der Waals surface area contributed by atoms with Gasteiger partial charge in [-0.15, -0.1) is 11.6 Å². The van der Waals surface area contributed by atoms with Crippen LogP contribution in [0.2, 0.25) is 0 Å². The predicted molar refractivity (Wildman–Crippen MR) is 33.1 cm³/mol. The molecule has 0 spiro atoms. The Morgan fingerprint density at radius 3 is 2.17 bits per heavy atom. The normalized spacial score (nSPS) is 14.8. The van der Waals surface area contributed by atoms with Crippen LogP contribution in [0.25, 0.3) is 0 Å². The van der Waals surface area contributed by atoms with Gasteiger partial charge in [0, 0.05) is 0 Å². The molecule has 0 rings (SSSR count). The molecule has 0 heterocycles. The van der Waals surface area contributed by atoms with Gasteiger partial charge in [0.15, 0.2) is 0 Å². The molecule has 0 aliphatic heterocycles. The first-order valence-electron chi connectivity index (χ1n) is 2.34. The summed E-state index contributed by atoms with van der Waals surface area (Å²) in [5.41, 5.74) is -5.55. The molecule has 0 bridgehead atoms. The molecule has 0 saturated carbocycles. The summed E-state index contributed by atoms with van der Waals surface area (Å²) in [4.78, 5) is 0. The van der Waals surface area contributed by atoms with Gasteiger partial charge in [0.1, 0.15) is 0 Å². The molecule has 0 atom stereocenters. The van der Waals surface area contributed by atoms with Crippen LogP contribution in [0.5, 0.6) is 0 Å². The second-order valence-corrected chi connectivity index (χ2v) is 3.40. The lowest BCUT2D eigenvalue weighted by Crippen LogP contribution is -2.27. The van der Waals surface area contributed by atoms with Crippen LogP contribution in [0.1, 0.15) is 0 Å². The van der Waals surface area contributed by atoms with Crippen molar-refractivity contribution in [1.29, 1.82) is 0 Å². The molecule has 0 aromatic rings. The van der Waals surface area contributed by atoms with E-state index in [1.54, 1.807) is 0 Å². The molecule has 72 valence electrons. The van der Waals surface area contributed by atoms with Crippen LogP contribution in [-0.4, -0.2) is 25.7 Å². The number of halogens is 4. The Kier molecular flexibility index (Phi) is 3.34. The van der Waals surface area contributed by atoms with Crippen LogP contribution in [0.15, 0.2) is 4.40 Å². The Hall–Kier alpha value is -0.500. The number of sulfonamides is 1. The fraction of sp³-hybridized carbons (Fsp3) is 0.667. The van der Waals surface area contributed by atoms with E-state index in [1.165, 1.54) is 0 Å². The molecular formula is C3H2ClF3NO3S-. The number of nitrogens with zero attached hydrogens (tertiary/aromatic N) is 1. The predicted octanol–water partition coefficient (Wildman–Crippen LogP) is -0.166. The van der Waals surface area contributed by atoms with Gasteiger partial charge in [-0.2, -0.15) is 26.0 Å². The largest absolute Gasteiger partial charge is 0.860 e. The molecule has 0 aromatic carbocycles. The first-order chi connectivity index (χ1) is 5.20. The van der Waals surface area contributed by atoms with Crippen molar-refractivity contribution in [3.63, 3.8) is 0 Å². The third kappa shape index (κ3) is 2.86. The van der Waals surface area contributed by atoms with Crippen molar-refractivity contribution in [1.82, 2.24) is 0 Å². The summed E-state index contributed by atoms with van der Waals surface area (Å²) in [6, 6.07) is 0. The lowest BCUT2D eigenvalue weighted by molar-refractivity contribution is -0.214. The van der Waals surface area contributed by atoms with Gasteiger partial charge < -0.3 is 5.11 Å². The molecule has 0 fully saturated rings. The Morgan fingerprint density at radius 1 is 1.50 bits per heavy atom. The average Bonchev–Trinajstić information content (AvgIpc) is 1.84. The topological polar surface area (TPSA) is 69.6 Å². The van der Waals surface area contributed by atoms with E-state index in [-0.39, 0.29) is 0 Å². The van der Waals surface area contributed by atoms with Gasteiger partial charge in [-0.3, -0.25) is 0 Å². The van der Waals surface area contributed by atoms with Crippen molar-refractivity contribution in [2.24, 2.45) is 4.40 Å². The van der Waals surface area contributed by atoms with E-state index in [2.05, 4.69) is 0 Å². The molecule has 0 unspecified atom stereocenters. The standard InChI is InChI=1S/C3H3ClF3NO3S/c4-1-2(9)8-12(10,11)3(5,6)7/h1H2,(H,8,9)/p-1. The molecule has 12 heavy (non-hydrogen) atoms. The first kappa shape index (κ1) is 11.5. The van der Waals surface area contributed by atoms with Crippen LogP contribution in [0.3, 0.4) is 0 Å². The highest BCUT2D eigenvalue weighted by Crippen LogP contribution is 2.24. The van der Waals surface area contributed by atoms with E-state index in [0.717, 1.165) is 0 Å². The van der Waals surface area contributed by atoms with Crippen molar-refractivity contribution >= 4 is 27.5 Å². The minimum Gasteiger partial charge on any atom is -0.860 e. The van der Waals surface area contributed by atoms with Gasteiger partial charge in [-0.25, -0.2) is 0 Å². The zero-order valence-electron chi connectivity index (χ0n) is 5.30. The molecule has 0 aliphatic carbocycles. The smallest absolute Gasteiger partial charge is 0.518 e. The first-order valence-corrected chi connectivity index (χ1v) is 4.31. The second-order valence-electron chi connectivity index (χ2n) is 1.54. The maximum atomic E-state index is 11.5. The van der Waals surface area contributed by atoms with Crippen molar-refractivity contribution in [3.05, 3.63) is 0 Å². The van der Waals surface area contributed by atoms with Crippen molar-refractivity contribution < 1.29 is 26.7 Å². The number of hydrogen-bond donors (Lipinski definition) is 0. The second kappa shape index (κ2) is 3.48. The summed E-state index contributed by atoms with van der Waals surface area (Å²) in [6.45, 7) is 0. The molecule has 9 heteroatoms. The van der Waals surface area contributed by atoms with E-state index in [4.69, 9.17) is 11.6 Å². The Bertz CT molecular complexity index is 282. The SMILES string of the molecule is O=S(=O)(/N=C(\[O-])CCl)C(F)(F)F. The number of alkyl halides is 4. The average molecular weight is 225 g/mol. The Morgan fingerprint density at radius 2 is 1.92 bits per heavy atom. The molecule has 0 radical (unpaired) electrons. The Labute approximate surface area is 70.7 Å². The maximum absolute atomic E-state index is 11.5. The van der Waals surface area contributed by atoms with Crippen LogP contribution < -0.4 is 5.11 Å². The van der Waals surface area contributed by atoms with Crippen molar-refractivity contribution in [2.75, 3.05) is 5.88 Å². The molecule has 4 nitrogen and oxygen atoms in total. The molecular weight excluding hydrogens is 223 g/mol. The zero-order chi connectivity index (χ0) is 9.99. The fourth-order valence-electron chi connectivity index (χ4n) is 0.210. The minimum atomic E-state index is -5.72. The fourth-order valence-corrected chi connectivity index (χ4v) is 0.777. The number of rotatable bonds is 2. The van der Waals surface area contributed by atoms with E-state index >= 15 is 0 Å². The van der Waals surface area contributed by atoms with E-state index in [0.29, 0.717) is 0 Å². The van der Waals surface area contributed by atoms with Crippen molar-refractivity contribution in [3.8, 4) is 0 Å². The monoisotopic (exact) mass is 224 g/mol. The van der Waals surface area contributed by atoms with E-state index in [1.807, 2.05) is 4.40 Å². The summed E-state index contributed by atoms with van der Waals surface area (Å²) in [5.74, 6) is -2.45. The van der Waals surface area contributed by atoms with Crippen LogP contribution in [0, 0.1) is 0 Å². The van der Waals surface area contributed by atoms with Crippen LogP contribution in [0.4, 0.5) is 13.2 Å². The van der Waals surface area contributed by atoms with Gasteiger partial charge in [0.2, 0.25) is 0 Å². The van der Waals surface area contributed by atoms with Gasteiger partial charge in [0.05, 0.1) is 5.88 Å². The van der Waals surface area contributed by atoms with Gasteiger partial charge >= 0.3 is 15.5 Å². The molecule has 0 aromatic heterocycles. The highest BCUT2D eigenvalue weighted by atomic mass is 35.5. The van der Waals surface area contributed by atoms with Gasteiger partial charge in [-0.05, 0) is 5.90 Å². The number of hydrogen-bond acceptors (Lipinski definition) is 3. The van der Waals surface area contributed by atoms with Crippen LogP contribution in [-0.2, 0) is 10.0 Å². The summed E-state index contributed by atoms with van der Waals surface area (Å²) in [5, 5.41) is 10.1. The molecule has 0 N–H and O–H groups in total. The van der Waals surface area contributed by atoms with Gasteiger partial charge in [0.25, 0.3) is 0 Å². The summed E-state index contributed by atoms with van der Waals surface area (Å²) in [7, 11) is -5.72. The molecule has 0 saturated heterocycles. The molecule has 0 aliphatic rings. The quantitative estimate of drug-likeness (QED) is 0.372. The zero-order valence-corrected chi connectivity index (χ0v) is 6.87. The lowest BCUT2D eigenvalue weighted by atomic mass is 10.8. The van der Waals surface area contributed by atoms with Crippen molar-refractivity contribution in [2.45, 2.75) is 5.51 Å². The lowest BCUT2D eigenvalue weighted by Gasteiger charge is -2.07. The Balaban J connectivity index is 4.93. The highest BCUT2D eigenvalue weighted by Gasteiger charge is 2.45. The summed E-state index contributed by atoms with van der Waals surface area (Å²) < 4.78 is 56.3. The van der Waals surface area contributed by atoms with Crippen LogP contribution >= 0.6 is 11.6 Å². The van der Waals surface area contributed by atoms with Gasteiger partial charge in [-0.1, -0.05) is 0 Å². The summed E-state index contributed by atoms with van der Waals surface area (Å²) in [6.07, 6.45) is 0. The maximum Gasteiger partial charge on any atom is 0.518 e. The van der Waals surface area contributed by atoms with E-state index in [9.17, 15) is 26.7 Å². The third-order valence-electron chi connectivity index (χ3n) is 0.629. The highest BCUT2D eigenvalue weighted by molar-refractivity contribution is 7.91. The third-order valence-corrected chi connectivity index (χ3v) is 1.89. The summed E-state index contributed by atoms with van der Waals surface area (Å²) >= 11 is 4.73. The van der Waals surface area contributed by atoms with E-state index < -0.39 is 27.3 Å². The molecule has 0 amide bonds. The minimum absolute atomic E-state index is 0.907.